The third-order valence-electron chi connectivity index (χ3n) is 3.43. The van der Waals surface area contributed by atoms with E-state index in [1.165, 1.54) is 0 Å². The Bertz CT molecular complexity index is 451. The van der Waals surface area contributed by atoms with Gasteiger partial charge in [0.25, 0.3) is 5.60 Å². The Kier molecular flexibility index (Phi) is 2.43. The minimum atomic E-state index is -2.30. The Balaban J connectivity index is 1.85. The van der Waals surface area contributed by atoms with Gasteiger partial charge in [-0.3, -0.25) is 10.1 Å². The second kappa shape index (κ2) is 3.63. The van der Waals surface area contributed by atoms with E-state index in [9.17, 15) is 20.0 Å². The first-order valence-corrected chi connectivity index (χ1v) is 5.79. The van der Waals surface area contributed by atoms with Crippen LogP contribution in [0.1, 0.15) is 13.8 Å². The molecule has 3 aliphatic heterocycles. The van der Waals surface area contributed by atoms with Crippen molar-refractivity contribution in [3.8, 4) is 0 Å². The number of hydrogen-bond donors (Lipinski definition) is 1. The summed E-state index contributed by atoms with van der Waals surface area (Å²) < 4.78 is 21.3. The van der Waals surface area contributed by atoms with Gasteiger partial charge in [-0.15, -0.1) is 0 Å². The highest BCUT2D eigenvalue weighted by molar-refractivity contribution is 5.83. The van der Waals surface area contributed by atoms with Crippen molar-refractivity contribution in [1.82, 2.24) is 0 Å². The van der Waals surface area contributed by atoms with Crippen molar-refractivity contribution in [2.75, 3.05) is 6.54 Å². The van der Waals surface area contributed by atoms with Crippen molar-refractivity contribution in [2.24, 2.45) is 0 Å². The first-order valence-electron chi connectivity index (χ1n) is 5.79. The van der Waals surface area contributed by atoms with Crippen molar-refractivity contribution in [3.63, 3.8) is 0 Å². The second-order valence-electron chi connectivity index (χ2n) is 5.31. The van der Waals surface area contributed by atoms with E-state index in [0.717, 1.165) is 0 Å². The number of hydrogen-bond acceptors (Lipinski definition) is 8. The monoisotopic (exact) mass is 275 g/mol. The molecular formula is C10H13NO8. The Hall–Kier alpha value is -1.29. The van der Waals surface area contributed by atoms with Gasteiger partial charge in [0, 0.05) is 4.92 Å². The smallest absolute Gasteiger partial charge is 0.348 e. The zero-order chi connectivity index (χ0) is 14.0. The molecule has 19 heavy (non-hydrogen) atoms. The lowest BCUT2D eigenvalue weighted by molar-refractivity contribution is -0.499. The van der Waals surface area contributed by atoms with Gasteiger partial charge in [0.15, 0.2) is 24.3 Å². The van der Waals surface area contributed by atoms with Gasteiger partial charge in [0.2, 0.25) is 6.54 Å². The minimum absolute atomic E-state index is 0.690. The van der Waals surface area contributed by atoms with Crippen LogP contribution in [0.25, 0.3) is 0 Å². The van der Waals surface area contributed by atoms with E-state index in [2.05, 4.69) is 0 Å². The van der Waals surface area contributed by atoms with Crippen molar-refractivity contribution < 1.29 is 33.8 Å². The van der Waals surface area contributed by atoms with Crippen LogP contribution in [0.4, 0.5) is 0 Å². The number of rotatable bonds is 2. The van der Waals surface area contributed by atoms with Gasteiger partial charge in [-0.05, 0) is 13.8 Å². The van der Waals surface area contributed by atoms with E-state index in [0.29, 0.717) is 0 Å². The standard InChI is InChI=1S/C10H13NO8/c1-9(2)18-5-4-6(17-7(5)19-9)10(13,3-11(14)15)8(12)16-4/h4-7,13H,3H2,1-2H3/t4-,5-,6+,7-,10+/m1/s1. The lowest BCUT2D eigenvalue weighted by Crippen LogP contribution is -2.52. The maximum Gasteiger partial charge on any atom is 0.348 e. The number of aliphatic hydroxyl groups is 1. The maximum atomic E-state index is 11.6. The third kappa shape index (κ3) is 1.73. The molecule has 9 heteroatoms. The molecule has 1 N–H and O–H groups in total. The molecule has 0 unspecified atom stereocenters. The van der Waals surface area contributed by atoms with Crippen LogP contribution in [0, 0.1) is 10.1 Å². The van der Waals surface area contributed by atoms with Gasteiger partial charge in [-0.25, -0.2) is 4.79 Å². The first-order chi connectivity index (χ1) is 8.73. The van der Waals surface area contributed by atoms with Crippen LogP contribution < -0.4 is 0 Å². The molecule has 0 aromatic rings. The van der Waals surface area contributed by atoms with Crippen LogP contribution in [0.2, 0.25) is 0 Å². The Labute approximate surface area is 107 Å². The van der Waals surface area contributed by atoms with Gasteiger partial charge >= 0.3 is 5.97 Å². The summed E-state index contributed by atoms with van der Waals surface area (Å²) in [5, 5.41) is 20.7. The SMILES string of the molecule is CC1(C)O[C@H]2O[C@H]3[C@H](OC(=O)[C@]3(O)C[N+](=O)[O-])[C@H]2O1. The van der Waals surface area contributed by atoms with Gasteiger partial charge < -0.3 is 24.1 Å². The van der Waals surface area contributed by atoms with Gasteiger partial charge in [-0.2, -0.15) is 0 Å². The summed E-state index contributed by atoms with van der Waals surface area (Å²) in [6, 6.07) is 0. The molecule has 3 heterocycles. The van der Waals surface area contributed by atoms with E-state index in [1.807, 2.05) is 0 Å². The zero-order valence-corrected chi connectivity index (χ0v) is 10.3. The van der Waals surface area contributed by atoms with Gasteiger partial charge in [0.1, 0.15) is 6.10 Å². The molecule has 9 nitrogen and oxygen atoms in total. The molecule has 3 saturated heterocycles. The molecule has 0 aliphatic carbocycles. The average Bonchev–Trinajstić information content (AvgIpc) is 2.78. The highest BCUT2D eigenvalue weighted by Gasteiger charge is 2.70. The zero-order valence-electron chi connectivity index (χ0n) is 10.3. The highest BCUT2D eigenvalue weighted by atomic mass is 16.8. The average molecular weight is 275 g/mol. The van der Waals surface area contributed by atoms with Crippen LogP contribution in [0.5, 0.6) is 0 Å². The number of nitrogens with zero attached hydrogens (tertiary/aromatic N) is 1. The highest BCUT2D eigenvalue weighted by Crippen LogP contribution is 2.45. The molecule has 0 saturated carbocycles. The molecule has 0 aromatic carbocycles. The molecule has 0 aromatic heterocycles. The topological polar surface area (TPSA) is 117 Å². The van der Waals surface area contributed by atoms with Crippen molar-refractivity contribution in [1.29, 1.82) is 0 Å². The molecule has 3 fully saturated rings. The predicted octanol–water partition coefficient (Wildman–Crippen LogP) is -1.20. The number of nitro groups is 1. The van der Waals surface area contributed by atoms with E-state index >= 15 is 0 Å². The number of esters is 1. The lowest BCUT2D eigenvalue weighted by atomic mass is 9.95. The largest absolute Gasteiger partial charge is 0.454 e. The third-order valence-corrected chi connectivity index (χ3v) is 3.43. The van der Waals surface area contributed by atoms with E-state index < -0.39 is 53.4 Å². The summed E-state index contributed by atoms with van der Waals surface area (Å²) in [6.45, 7) is 2.36. The van der Waals surface area contributed by atoms with E-state index in [4.69, 9.17) is 18.9 Å². The number of carbonyl (C=O) groups excluding carboxylic acids is 1. The first kappa shape index (κ1) is 12.7. The van der Waals surface area contributed by atoms with Gasteiger partial charge in [-0.1, -0.05) is 0 Å². The van der Waals surface area contributed by atoms with Gasteiger partial charge in [0.05, 0.1) is 0 Å². The molecule has 0 amide bonds. The molecule has 0 bridgehead atoms. The maximum absolute atomic E-state index is 11.6. The van der Waals surface area contributed by atoms with Crippen molar-refractivity contribution >= 4 is 5.97 Å². The van der Waals surface area contributed by atoms with Crippen molar-refractivity contribution in [3.05, 3.63) is 10.1 Å². The fraction of sp³-hybridized carbons (Fsp3) is 0.900. The molecule has 106 valence electrons. The molecule has 0 spiro atoms. The quantitative estimate of drug-likeness (QED) is 0.379. The summed E-state index contributed by atoms with van der Waals surface area (Å²) in [4.78, 5) is 21.4. The predicted molar refractivity (Wildman–Crippen MR) is 55.4 cm³/mol. The fourth-order valence-electron chi connectivity index (χ4n) is 2.69. The van der Waals surface area contributed by atoms with E-state index in [1.54, 1.807) is 13.8 Å². The number of fused-ring (bicyclic) bond motifs is 3. The Morgan fingerprint density at radius 2 is 2.05 bits per heavy atom. The number of carbonyl (C=O) groups is 1. The molecule has 5 atom stereocenters. The molecule has 0 radical (unpaired) electrons. The summed E-state index contributed by atoms with van der Waals surface area (Å²) in [5.41, 5.74) is -2.30. The van der Waals surface area contributed by atoms with E-state index in [-0.39, 0.29) is 0 Å². The second-order valence-corrected chi connectivity index (χ2v) is 5.31. The van der Waals surface area contributed by atoms with Crippen LogP contribution >= 0.6 is 0 Å². The Morgan fingerprint density at radius 3 is 2.68 bits per heavy atom. The van der Waals surface area contributed by atoms with Crippen LogP contribution in [-0.2, 0) is 23.7 Å². The van der Waals surface area contributed by atoms with Crippen LogP contribution in [0.15, 0.2) is 0 Å². The minimum Gasteiger partial charge on any atom is -0.454 e. The number of ether oxygens (including phenoxy) is 4. The Morgan fingerprint density at radius 1 is 1.37 bits per heavy atom. The van der Waals surface area contributed by atoms with Crippen LogP contribution in [-0.4, -0.2) is 58.5 Å². The summed E-state index contributed by atoms with van der Waals surface area (Å²) in [7, 11) is 0. The summed E-state index contributed by atoms with van der Waals surface area (Å²) in [5.74, 6) is -1.96. The summed E-state index contributed by atoms with van der Waals surface area (Å²) in [6.07, 6.45) is -3.55. The molecule has 3 rings (SSSR count). The molecular weight excluding hydrogens is 262 g/mol. The normalized spacial score (nSPS) is 46.8. The fourth-order valence-corrected chi connectivity index (χ4v) is 2.69. The van der Waals surface area contributed by atoms with Crippen LogP contribution in [0.3, 0.4) is 0 Å². The van der Waals surface area contributed by atoms with Crippen molar-refractivity contribution in [2.45, 2.75) is 49.8 Å². The molecule has 3 aliphatic rings. The lowest BCUT2D eigenvalue weighted by Gasteiger charge is -2.23. The summed E-state index contributed by atoms with van der Waals surface area (Å²) >= 11 is 0.